The second-order valence-corrected chi connectivity index (χ2v) is 2.33. The van der Waals surface area contributed by atoms with Crippen molar-refractivity contribution in [1.29, 1.82) is 0 Å². The van der Waals surface area contributed by atoms with E-state index in [1.165, 1.54) is 6.42 Å². The van der Waals surface area contributed by atoms with Crippen LogP contribution in [0.4, 0.5) is 0 Å². The summed E-state index contributed by atoms with van der Waals surface area (Å²) in [6.07, 6.45) is 1.23. The third-order valence-electron chi connectivity index (χ3n) is 1.58. The van der Waals surface area contributed by atoms with E-state index in [1.54, 1.807) is 7.11 Å². The van der Waals surface area contributed by atoms with Crippen LogP contribution in [-0.4, -0.2) is 33.9 Å². The zero-order valence-corrected chi connectivity index (χ0v) is 5.81. The Morgan fingerprint density at radius 2 is 2.67 bits per heavy atom. The van der Waals surface area contributed by atoms with Gasteiger partial charge in [-0.2, -0.15) is 0 Å². The molecule has 0 amide bonds. The molecule has 1 aliphatic rings. The average Bonchev–Trinajstić information content (AvgIpc) is 2.34. The van der Waals surface area contributed by atoms with Crippen molar-refractivity contribution in [1.82, 2.24) is 10.5 Å². The van der Waals surface area contributed by atoms with Gasteiger partial charge in [-0.05, 0) is 13.0 Å². The van der Waals surface area contributed by atoms with Crippen molar-refractivity contribution in [3.63, 3.8) is 0 Å². The van der Waals surface area contributed by atoms with Crippen LogP contribution in [0.1, 0.15) is 6.42 Å². The van der Waals surface area contributed by atoms with Gasteiger partial charge in [-0.25, -0.2) is 0 Å². The second-order valence-electron chi connectivity index (χ2n) is 2.33. The first-order chi connectivity index (χ1) is 4.43. The van der Waals surface area contributed by atoms with Gasteiger partial charge >= 0.3 is 7.62 Å². The van der Waals surface area contributed by atoms with Gasteiger partial charge in [0.05, 0.1) is 0 Å². The first-order valence-corrected chi connectivity index (χ1v) is 3.36. The van der Waals surface area contributed by atoms with Crippen LogP contribution in [0, 0.1) is 0 Å². The molecule has 0 aromatic rings. The van der Waals surface area contributed by atoms with Gasteiger partial charge in [-0.15, -0.1) is 0 Å². The van der Waals surface area contributed by atoms with E-state index < -0.39 is 0 Å². The van der Waals surface area contributed by atoms with E-state index in [-0.39, 0.29) is 0 Å². The van der Waals surface area contributed by atoms with Crippen LogP contribution < -0.4 is 10.5 Å². The summed E-state index contributed by atoms with van der Waals surface area (Å²) in [4.78, 5) is 0. The maximum atomic E-state index is 4.86. The Kier molecular flexibility index (Phi) is 3.04. The van der Waals surface area contributed by atoms with E-state index in [4.69, 9.17) is 4.65 Å². The molecule has 2 N–H and O–H groups in total. The van der Waals surface area contributed by atoms with Gasteiger partial charge in [0.2, 0.25) is 0 Å². The van der Waals surface area contributed by atoms with E-state index >= 15 is 0 Å². The zero-order chi connectivity index (χ0) is 6.53. The van der Waals surface area contributed by atoms with Crippen molar-refractivity contribution >= 4 is 7.62 Å². The highest BCUT2D eigenvalue weighted by Crippen LogP contribution is 1.94. The lowest BCUT2D eigenvalue weighted by Gasteiger charge is -2.07. The fourth-order valence-corrected chi connectivity index (χ4v) is 1.03. The maximum Gasteiger partial charge on any atom is 0.360 e. The Balaban J connectivity index is 1.98. The summed E-state index contributed by atoms with van der Waals surface area (Å²) in [5.74, 6) is 0. The Hall–Kier alpha value is -0.0551. The Bertz CT molecular complexity index is 75.4. The molecule has 0 spiro atoms. The summed E-state index contributed by atoms with van der Waals surface area (Å²) < 4.78 is 4.86. The molecule has 0 bridgehead atoms. The molecule has 4 heteroatoms. The van der Waals surface area contributed by atoms with Gasteiger partial charge in [0.15, 0.2) is 0 Å². The van der Waals surface area contributed by atoms with Gasteiger partial charge in [-0.3, -0.25) is 0 Å². The van der Waals surface area contributed by atoms with E-state index in [2.05, 4.69) is 10.5 Å². The van der Waals surface area contributed by atoms with E-state index in [0.29, 0.717) is 13.7 Å². The standard InChI is InChI=1S/C5H13BN2O/c1-9-6-8-5-2-3-7-4-5/h5-8H,2-4H2,1H3. The number of rotatable bonds is 3. The fraction of sp³-hybridized carbons (Fsp3) is 1.00. The van der Waals surface area contributed by atoms with Gasteiger partial charge < -0.3 is 15.2 Å². The zero-order valence-electron chi connectivity index (χ0n) is 5.81. The van der Waals surface area contributed by atoms with Gasteiger partial charge in [0.25, 0.3) is 0 Å². The van der Waals surface area contributed by atoms with Crippen molar-refractivity contribution in [3.05, 3.63) is 0 Å². The second kappa shape index (κ2) is 3.87. The molecule has 1 heterocycles. The minimum absolute atomic E-state index is 0.630. The minimum atomic E-state index is 0.630. The summed E-state index contributed by atoms with van der Waals surface area (Å²) in [5, 5.41) is 6.51. The van der Waals surface area contributed by atoms with Crippen molar-refractivity contribution in [2.24, 2.45) is 0 Å². The van der Waals surface area contributed by atoms with Crippen LogP contribution in [-0.2, 0) is 4.65 Å². The van der Waals surface area contributed by atoms with Crippen molar-refractivity contribution in [2.45, 2.75) is 12.5 Å². The highest BCUT2D eigenvalue weighted by Gasteiger charge is 2.12. The van der Waals surface area contributed by atoms with Gasteiger partial charge in [0.1, 0.15) is 0 Å². The predicted molar refractivity (Wildman–Crippen MR) is 38.6 cm³/mol. The molecule has 1 rings (SSSR count). The molecule has 1 fully saturated rings. The van der Waals surface area contributed by atoms with Crippen LogP contribution in [0.2, 0.25) is 0 Å². The highest BCUT2D eigenvalue weighted by molar-refractivity contribution is 6.23. The van der Waals surface area contributed by atoms with Crippen LogP contribution in [0.15, 0.2) is 0 Å². The largest absolute Gasteiger partial charge is 0.427 e. The molecular formula is C5H13BN2O. The number of hydrogen-bond donors (Lipinski definition) is 2. The quantitative estimate of drug-likeness (QED) is 0.471. The minimum Gasteiger partial charge on any atom is -0.427 e. The molecule has 52 valence electrons. The molecule has 1 aliphatic heterocycles. The predicted octanol–water partition coefficient (Wildman–Crippen LogP) is -1.15. The Labute approximate surface area is 56.5 Å². The van der Waals surface area contributed by atoms with Crippen molar-refractivity contribution < 1.29 is 4.65 Å². The monoisotopic (exact) mass is 128 g/mol. The molecule has 9 heavy (non-hydrogen) atoms. The lowest BCUT2D eigenvalue weighted by molar-refractivity contribution is 0.422. The van der Waals surface area contributed by atoms with Crippen LogP contribution in [0.25, 0.3) is 0 Å². The molecule has 0 aromatic carbocycles. The first kappa shape index (κ1) is 7.06. The summed E-state index contributed by atoms with van der Waals surface area (Å²) in [6.45, 7) is 2.23. The smallest absolute Gasteiger partial charge is 0.360 e. The molecule has 0 aliphatic carbocycles. The van der Waals surface area contributed by atoms with Crippen LogP contribution >= 0.6 is 0 Å². The molecule has 0 saturated carbocycles. The maximum absolute atomic E-state index is 4.86. The molecule has 0 aromatic heterocycles. The summed E-state index contributed by atoms with van der Waals surface area (Å²) in [7, 11) is 2.38. The van der Waals surface area contributed by atoms with E-state index in [1.807, 2.05) is 0 Å². The fourth-order valence-electron chi connectivity index (χ4n) is 1.03. The van der Waals surface area contributed by atoms with Crippen LogP contribution in [0.3, 0.4) is 0 Å². The molecule has 1 saturated heterocycles. The van der Waals surface area contributed by atoms with Gasteiger partial charge in [-0.1, -0.05) is 0 Å². The van der Waals surface area contributed by atoms with Crippen molar-refractivity contribution in [3.8, 4) is 0 Å². The Morgan fingerprint density at radius 1 is 1.78 bits per heavy atom. The summed E-state index contributed by atoms with van der Waals surface area (Å²) in [6, 6.07) is 0.630. The average molecular weight is 128 g/mol. The third-order valence-corrected chi connectivity index (χ3v) is 1.58. The topological polar surface area (TPSA) is 33.3 Å². The van der Waals surface area contributed by atoms with E-state index in [0.717, 1.165) is 13.1 Å². The molecule has 1 atom stereocenters. The number of nitrogens with one attached hydrogen (secondary N) is 2. The molecule has 0 radical (unpaired) electrons. The lowest BCUT2D eigenvalue weighted by Crippen LogP contribution is -2.34. The summed E-state index contributed by atoms with van der Waals surface area (Å²) >= 11 is 0. The van der Waals surface area contributed by atoms with Gasteiger partial charge in [0, 0.05) is 19.7 Å². The third kappa shape index (κ3) is 2.34. The lowest BCUT2D eigenvalue weighted by atomic mass is 10.1. The van der Waals surface area contributed by atoms with Crippen molar-refractivity contribution in [2.75, 3.05) is 20.2 Å². The molecular weight excluding hydrogens is 115 g/mol. The van der Waals surface area contributed by atoms with E-state index in [9.17, 15) is 0 Å². The number of hydrogen-bond acceptors (Lipinski definition) is 3. The Morgan fingerprint density at radius 3 is 3.22 bits per heavy atom. The highest BCUT2D eigenvalue weighted by atomic mass is 16.4. The molecule has 1 unspecified atom stereocenters. The summed E-state index contributed by atoms with van der Waals surface area (Å²) in [5.41, 5.74) is 0. The normalized spacial score (nSPS) is 26.6. The van der Waals surface area contributed by atoms with Crippen LogP contribution in [0.5, 0.6) is 0 Å². The first-order valence-electron chi connectivity index (χ1n) is 3.36. The molecule has 3 nitrogen and oxygen atoms in total. The SMILES string of the molecule is COBNC1CCNC1.